The number of aliphatic hydroxyl groups is 2. The monoisotopic (exact) mass is 271 g/mol. The summed E-state index contributed by atoms with van der Waals surface area (Å²) in [4.78, 5) is 13.5. The first-order chi connectivity index (χ1) is 8.71. The van der Waals surface area contributed by atoms with E-state index < -0.39 is 16.6 Å². The van der Waals surface area contributed by atoms with Crippen molar-refractivity contribution in [3.8, 4) is 0 Å². The molecule has 1 amide bonds. The van der Waals surface area contributed by atoms with Crippen LogP contribution in [0.1, 0.15) is 46.5 Å². The van der Waals surface area contributed by atoms with E-state index in [2.05, 4.69) is 0 Å². The van der Waals surface area contributed by atoms with Crippen molar-refractivity contribution >= 4 is 6.09 Å². The lowest BCUT2D eigenvalue weighted by molar-refractivity contribution is -0.173. The zero-order valence-corrected chi connectivity index (χ0v) is 12.1. The van der Waals surface area contributed by atoms with Crippen molar-refractivity contribution in [2.75, 3.05) is 19.7 Å². The van der Waals surface area contributed by atoms with Gasteiger partial charge >= 0.3 is 6.09 Å². The zero-order valence-electron chi connectivity index (χ0n) is 12.1. The molecule has 2 fully saturated rings. The Morgan fingerprint density at radius 3 is 2.21 bits per heavy atom. The third kappa shape index (κ3) is 2.58. The van der Waals surface area contributed by atoms with Gasteiger partial charge in [0.1, 0.15) is 5.60 Å². The van der Waals surface area contributed by atoms with Crippen molar-refractivity contribution in [2.45, 2.75) is 57.7 Å². The highest BCUT2D eigenvalue weighted by Gasteiger charge is 2.59. The molecule has 2 N–H and O–H groups in total. The van der Waals surface area contributed by atoms with Crippen LogP contribution in [0.25, 0.3) is 0 Å². The molecule has 1 aliphatic carbocycles. The number of hydrogen-bond donors (Lipinski definition) is 2. The van der Waals surface area contributed by atoms with E-state index in [0.29, 0.717) is 13.1 Å². The van der Waals surface area contributed by atoms with Crippen molar-refractivity contribution in [1.29, 1.82) is 0 Å². The second kappa shape index (κ2) is 4.63. The van der Waals surface area contributed by atoms with Crippen molar-refractivity contribution in [1.82, 2.24) is 4.90 Å². The summed E-state index contributed by atoms with van der Waals surface area (Å²) < 4.78 is 5.30. The summed E-state index contributed by atoms with van der Waals surface area (Å²) in [6, 6.07) is 0. The van der Waals surface area contributed by atoms with Crippen molar-refractivity contribution in [3.63, 3.8) is 0 Å². The maximum Gasteiger partial charge on any atom is 0.410 e. The lowest BCUT2D eigenvalue weighted by Crippen LogP contribution is -2.69. The van der Waals surface area contributed by atoms with E-state index >= 15 is 0 Å². The van der Waals surface area contributed by atoms with Crippen LogP contribution in [0.5, 0.6) is 0 Å². The van der Waals surface area contributed by atoms with Gasteiger partial charge in [0.05, 0.1) is 17.6 Å². The number of amides is 1. The second-order valence-electron chi connectivity index (χ2n) is 7.01. The molecule has 5 heteroatoms. The average molecular weight is 271 g/mol. The van der Waals surface area contributed by atoms with Gasteiger partial charge in [0.2, 0.25) is 0 Å². The third-order valence-corrected chi connectivity index (χ3v) is 4.36. The quantitative estimate of drug-likeness (QED) is 0.799. The van der Waals surface area contributed by atoms with Gasteiger partial charge < -0.3 is 19.8 Å². The lowest BCUT2D eigenvalue weighted by Gasteiger charge is -2.56. The number of hydrogen-bond acceptors (Lipinski definition) is 4. The smallest absolute Gasteiger partial charge is 0.410 e. The van der Waals surface area contributed by atoms with Gasteiger partial charge in [0.25, 0.3) is 0 Å². The predicted octanol–water partition coefficient (Wildman–Crippen LogP) is 1.52. The molecular weight excluding hydrogens is 246 g/mol. The molecule has 2 aliphatic rings. The second-order valence-corrected chi connectivity index (χ2v) is 7.01. The topological polar surface area (TPSA) is 70.0 Å². The van der Waals surface area contributed by atoms with Crippen LogP contribution in [0.15, 0.2) is 0 Å². The molecule has 1 heterocycles. The van der Waals surface area contributed by atoms with Gasteiger partial charge in [-0.05, 0) is 33.6 Å². The zero-order chi connectivity index (χ0) is 14.3. The highest BCUT2D eigenvalue weighted by molar-refractivity contribution is 5.69. The van der Waals surface area contributed by atoms with Crippen molar-refractivity contribution in [2.24, 2.45) is 5.41 Å². The van der Waals surface area contributed by atoms with Crippen LogP contribution in [-0.2, 0) is 4.74 Å². The molecule has 1 saturated heterocycles. The van der Waals surface area contributed by atoms with E-state index in [-0.39, 0.29) is 12.7 Å². The molecule has 0 aromatic heterocycles. The number of ether oxygens (including phenoxy) is 1. The first-order valence-corrected chi connectivity index (χ1v) is 7.03. The van der Waals surface area contributed by atoms with Gasteiger partial charge in [0, 0.05) is 13.1 Å². The average Bonchev–Trinajstić information content (AvgIpc) is 2.62. The summed E-state index contributed by atoms with van der Waals surface area (Å²) >= 11 is 0. The summed E-state index contributed by atoms with van der Waals surface area (Å²) in [6.07, 6.45) is 3.05. The largest absolute Gasteiger partial charge is 0.444 e. The molecule has 0 aromatic rings. The van der Waals surface area contributed by atoms with Crippen LogP contribution >= 0.6 is 0 Å². The van der Waals surface area contributed by atoms with Gasteiger partial charge in [-0.15, -0.1) is 0 Å². The highest BCUT2D eigenvalue weighted by Crippen LogP contribution is 2.49. The first-order valence-electron chi connectivity index (χ1n) is 7.03. The Kier molecular flexibility index (Phi) is 3.56. The molecule has 0 unspecified atom stereocenters. The molecule has 2 rings (SSSR count). The van der Waals surface area contributed by atoms with E-state index in [9.17, 15) is 15.0 Å². The summed E-state index contributed by atoms with van der Waals surface area (Å²) in [5.74, 6) is 0. The van der Waals surface area contributed by atoms with E-state index in [0.717, 1.165) is 25.7 Å². The standard InChI is InChI=1S/C14H25NO4/c1-12(2,3)19-11(17)15-8-13(9-15,10-16)14(18)6-4-5-7-14/h16,18H,4-10H2,1-3H3. The number of nitrogens with zero attached hydrogens (tertiary/aromatic N) is 1. The fraction of sp³-hybridized carbons (Fsp3) is 0.929. The molecule has 110 valence electrons. The Balaban J connectivity index is 1.98. The molecule has 5 nitrogen and oxygen atoms in total. The number of carbonyl (C=O) groups is 1. The van der Waals surface area contributed by atoms with Crippen LogP contribution in [0.2, 0.25) is 0 Å². The molecule has 0 atom stereocenters. The maximum absolute atomic E-state index is 11.9. The predicted molar refractivity (Wildman–Crippen MR) is 70.7 cm³/mol. The Hall–Kier alpha value is -0.810. The van der Waals surface area contributed by atoms with Crippen LogP contribution in [0, 0.1) is 5.41 Å². The summed E-state index contributed by atoms with van der Waals surface area (Å²) in [5.41, 5.74) is -1.89. The maximum atomic E-state index is 11.9. The molecule has 0 bridgehead atoms. The summed E-state index contributed by atoms with van der Waals surface area (Å²) in [5, 5.41) is 20.3. The van der Waals surface area contributed by atoms with E-state index in [1.54, 1.807) is 4.90 Å². The number of carbonyl (C=O) groups excluding carboxylic acids is 1. The van der Waals surface area contributed by atoms with Crippen LogP contribution in [0.3, 0.4) is 0 Å². The van der Waals surface area contributed by atoms with Gasteiger partial charge in [-0.2, -0.15) is 0 Å². The Morgan fingerprint density at radius 2 is 1.79 bits per heavy atom. The Labute approximate surface area is 114 Å². The molecule has 0 aromatic carbocycles. The van der Waals surface area contributed by atoms with Gasteiger partial charge in [-0.1, -0.05) is 12.8 Å². The SMILES string of the molecule is CC(C)(C)OC(=O)N1CC(CO)(C2(O)CCCC2)C1. The van der Waals surface area contributed by atoms with Gasteiger partial charge in [-0.3, -0.25) is 0 Å². The fourth-order valence-corrected chi connectivity index (χ4v) is 3.17. The van der Waals surface area contributed by atoms with Crippen LogP contribution < -0.4 is 0 Å². The Morgan fingerprint density at radius 1 is 1.26 bits per heavy atom. The van der Waals surface area contributed by atoms with E-state index in [4.69, 9.17) is 4.74 Å². The molecule has 1 saturated carbocycles. The van der Waals surface area contributed by atoms with Crippen LogP contribution in [-0.4, -0.2) is 52.1 Å². The van der Waals surface area contributed by atoms with E-state index in [1.807, 2.05) is 20.8 Å². The van der Waals surface area contributed by atoms with Gasteiger partial charge in [-0.25, -0.2) is 4.79 Å². The molecule has 19 heavy (non-hydrogen) atoms. The summed E-state index contributed by atoms with van der Waals surface area (Å²) in [7, 11) is 0. The van der Waals surface area contributed by atoms with E-state index in [1.165, 1.54) is 0 Å². The van der Waals surface area contributed by atoms with Crippen molar-refractivity contribution < 1.29 is 19.7 Å². The van der Waals surface area contributed by atoms with Crippen molar-refractivity contribution in [3.05, 3.63) is 0 Å². The minimum atomic E-state index is -0.819. The summed E-state index contributed by atoms with van der Waals surface area (Å²) in [6.45, 7) is 6.17. The molecular formula is C14H25NO4. The lowest BCUT2D eigenvalue weighted by atomic mass is 9.66. The minimum Gasteiger partial charge on any atom is -0.444 e. The highest BCUT2D eigenvalue weighted by atomic mass is 16.6. The van der Waals surface area contributed by atoms with Crippen LogP contribution in [0.4, 0.5) is 4.79 Å². The number of rotatable bonds is 2. The number of likely N-dealkylation sites (tertiary alicyclic amines) is 1. The first kappa shape index (κ1) is 14.6. The fourth-order valence-electron chi connectivity index (χ4n) is 3.17. The minimum absolute atomic E-state index is 0.0806. The van der Waals surface area contributed by atoms with Gasteiger partial charge in [0.15, 0.2) is 0 Å². The molecule has 1 aliphatic heterocycles. The normalized spacial score (nSPS) is 25.0. The molecule has 0 radical (unpaired) electrons. The third-order valence-electron chi connectivity index (χ3n) is 4.36. The Bertz CT molecular complexity index is 349. The number of aliphatic hydroxyl groups excluding tert-OH is 1. The molecule has 0 spiro atoms.